The van der Waals surface area contributed by atoms with E-state index in [1.54, 1.807) is 0 Å². The summed E-state index contributed by atoms with van der Waals surface area (Å²) in [5.74, 6) is -4.06. The number of carbonyl (C=O) groups is 1. The van der Waals surface area contributed by atoms with Gasteiger partial charge in [-0.1, -0.05) is 0 Å². The van der Waals surface area contributed by atoms with Crippen LogP contribution in [0.5, 0.6) is 11.5 Å². The Morgan fingerprint density at radius 3 is 2.40 bits per heavy atom. The molecule has 0 aliphatic rings. The Morgan fingerprint density at radius 2 is 1.90 bits per heavy atom. The molecule has 0 bridgehead atoms. The van der Waals surface area contributed by atoms with E-state index >= 15 is 0 Å². The summed E-state index contributed by atoms with van der Waals surface area (Å²) in [6, 6.07) is 2.04. The molecule has 0 amide bonds. The average molecular weight is 284 g/mol. The third kappa shape index (κ3) is 2.15. The maximum Gasteiger partial charge on any atom is 0.353 e. The standard InChI is InChI=1S/C12H10F2N2O4/c1-19-10-5(3-6(13)9(14)11(10)20-2)7-4-8(12(17)18)16-15-7/h3-4H,1-2H3,(H,15,16)(H,17,18). The van der Waals surface area contributed by atoms with E-state index in [-0.39, 0.29) is 22.7 Å². The molecule has 2 N–H and O–H groups in total. The first-order valence-electron chi connectivity index (χ1n) is 5.38. The van der Waals surface area contributed by atoms with Crippen LogP contribution in [-0.2, 0) is 0 Å². The summed E-state index contributed by atoms with van der Waals surface area (Å²) in [5, 5.41) is 14.8. The summed E-state index contributed by atoms with van der Waals surface area (Å²) in [7, 11) is 2.42. The molecule has 0 atom stereocenters. The molecular weight excluding hydrogens is 274 g/mol. The van der Waals surface area contributed by atoms with E-state index in [1.807, 2.05) is 0 Å². The van der Waals surface area contributed by atoms with Crippen LogP contribution in [0.3, 0.4) is 0 Å². The number of aromatic amines is 1. The normalized spacial score (nSPS) is 10.4. The van der Waals surface area contributed by atoms with Crippen LogP contribution in [-0.4, -0.2) is 35.5 Å². The monoisotopic (exact) mass is 284 g/mol. The molecule has 6 nitrogen and oxygen atoms in total. The molecule has 0 aliphatic heterocycles. The first-order chi connectivity index (χ1) is 9.49. The lowest BCUT2D eigenvalue weighted by Crippen LogP contribution is -1.99. The zero-order valence-corrected chi connectivity index (χ0v) is 10.5. The molecule has 8 heteroatoms. The van der Waals surface area contributed by atoms with Gasteiger partial charge in [-0.05, 0) is 12.1 Å². The summed E-state index contributed by atoms with van der Waals surface area (Å²) in [6.07, 6.45) is 0. The van der Waals surface area contributed by atoms with Crippen molar-refractivity contribution in [1.29, 1.82) is 0 Å². The van der Waals surface area contributed by atoms with Crippen LogP contribution in [0.15, 0.2) is 12.1 Å². The smallest absolute Gasteiger partial charge is 0.353 e. The molecule has 0 unspecified atom stereocenters. The molecule has 0 saturated heterocycles. The van der Waals surface area contributed by atoms with Crippen molar-refractivity contribution >= 4 is 5.97 Å². The zero-order chi connectivity index (χ0) is 14.9. The number of nitrogens with zero attached hydrogens (tertiary/aromatic N) is 1. The van der Waals surface area contributed by atoms with Crippen molar-refractivity contribution in [2.24, 2.45) is 0 Å². The van der Waals surface area contributed by atoms with E-state index < -0.39 is 23.4 Å². The van der Waals surface area contributed by atoms with Crippen LogP contribution in [0.2, 0.25) is 0 Å². The number of rotatable bonds is 4. The topological polar surface area (TPSA) is 84.4 Å². The van der Waals surface area contributed by atoms with Gasteiger partial charge in [0, 0.05) is 0 Å². The number of nitrogens with one attached hydrogen (secondary N) is 1. The number of H-pyrrole nitrogens is 1. The molecule has 0 saturated carbocycles. The van der Waals surface area contributed by atoms with Gasteiger partial charge in [0.05, 0.1) is 25.5 Å². The van der Waals surface area contributed by atoms with Gasteiger partial charge in [0.25, 0.3) is 0 Å². The van der Waals surface area contributed by atoms with Crippen molar-refractivity contribution in [3.8, 4) is 22.8 Å². The average Bonchev–Trinajstić information content (AvgIpc) is 2.90. The fourth-order valence-electron chi connectivity index (χ4n) is 1.73. The van der Waals surface area contributed by atoms with Crippen LogP contribution in [0.4, 0.5) is 8.78 Å². The highest BCUT2D eigenvalue weighted by Gasteiger charge is 2.23. The Hall–Kier alpha value is -2.64. The van der Waals surface area contributed by atoms with Crippen molar-refractivity contribution in [3.05, 3.63) is 29.5 Å². The quantitative estimate of drug-likeness (QED) is 0.897. The lowest BCUT2D eigenvalue weighted by Gasteiger charge is -2.12. The highest BCUT2D eigenvalue weighted by molar-refractivity contribution is 5.87. The summed E-state index contributed by atoms with van der Waals surface area (Å²) in [5.41, 5.74) is -0.0193. The Morgan fingerprint density at radius 1 is 1.25 bits per heavy atom. The fourth-order valence-corrected chi connectivity index (χ4v) is 1.73. The number of ether oxygens (including phenoxy) is 2. The van der Waals surface area contributed by atoms with Crippen LogP contribution < -0.4 is 9.47 Å². The van der Waals surface area contributed by atoms with Gasteiger partial charge in [-0.2, -0.15) is 9.49 Å². The molecule has 106 valence electrons. The molecule has 0 fully saturated rings. The van der Waals surface area contributed by atoms with Crippen molar-refractivity contribution < 1.29 is 28.2 Å². The molecule has 2 aromatic rings. The predicted octanol–water partition coefficient (Wildman–Crippen LogP) is 2.07. The lowest BCUT2D eigenvalue weighted by molar-refractivity contribution is 0.0690. The Labute approximate surface area is 111 Å². The summed E-state index contributed by atoms with van der Waals surface area (Å²) >= 11 is 0. The van der Waals surface area contributed by atoms with E-state index in [0.717, 1.165) is 13.2 Å². The number of hydrogen-bond acceptors (Lipinski definition) is 4. The minimum absolute atomic E-state index is 0.0742. The molecule has 0 spiro atoms. The molecule has 0 radical (unpaired) electrons. The zero-order valence-electron chi connectivity index (χ0n) is 10.5. The van der Waals surface area contributed by atoms with E-state index in [1.165, 1.54) is 13.2 Å². The summed E-state index contributed by atoms with van der Waals surface area (Å²) in [6.45, 7) is 0. The lowest BCUT2D eigenvalue weighted by atomic mass is 10.1. The van der Waals surface area contributed by atoms with Gasteiger partial charge in [-0.3, -0.25) is 5.10 Å². The van der Waals surface area contributed by atoms with Gasteiger partial charge < -0.3 is 14.6 Å². The highest BCUT2D eigenvalue weighted by Crippen LogP contribution is 2.40. The number of carboxylic acids is 1. The SMILES string of the molecule is COc1c(-c2cc(C(=O)O)[nH]n2)cc(F)c(F)c1OC. The van der Waals surface area contributed by atoms with E-state index in [0.29, 0.717) is 0 Å². The molecule has 1 heterocycles. The highest BCUT2D eigenvalue weighted by atomic mass is 19.2. The number of aromatic nitrogens is 2. The Balaban J connectivity index is 2.66. The Bertz CT molecular complexity index is 670. The molecule has 20 heavy (non-hydrogen) atoms. The van der Waals surface area contributed by atoms with Crippen LogP contribution in [0.1, 0.15) is 10.5 Å². The minimum atomic E-state index is -1.22. The van der Waals surface area contributed by atoms with E-state index in [9.17, 15) is 13.6 Å². The largest absolute Gasteiger partial charge is 0.492 e. The van der Waals surface area contributed by atoms with Crippen molar-refractivity contribution in [3.63, 3.8) is 0 Å². The first-order valence-corrected chi connectivity index (χ1v) is 5.38. The van der Waals surface area contributed by atoms with Gasteiger partial charge >= 0.3 is 5.97 Å². The second-order valence-corrected chi connectivity index (χ2v) is 3.76. The van der Waals surface area contributed by atoms with Crippen molar-refractivity contribution in [2.75, 3.05) is 14.2 Å². The molecule has 0 aliphatic carbocycles. The van der Waals surface area contributed by atoms with E-state index in [4.69, 9.17) is 14.6 Å². The number of benzene rings is 1. The second-order valence-electron chi connectivity index (χ2n) is 3.76. The van der Waals surface area contributed by atoms with Crippen LogP contribution >= 0.6 is 0 Å². The number of halogens is 2. The molecule has 1 aromatic heterocycles. The Kier molecular flexibility index (Phi) is 3.55. The third-order valence-corrected chi connectivity index (χ3v) is 2.62. The molecular formula is C12H10F2N2O4. The number of methoxy groups -OCH3 is 2. The van der Waals surface area contributed by atoms with Gasteiger partial charge in [0.15, 0.2) is 11.6 Å². The van der Waals surface area contributed by atoms with Crippen molar-refractivity contribution in [1.82, 2.24) is 10.2 Å². The van der Waals surface area contributed by atoms with Gasteiger partial charge in [0.2, 0.25) is 11.6 Å². The van der Waals surface area contributed by atoms with Gasteiger partial charge in [0.1, 0.15) is 5.69 Å². The van der Waals surface area contributed by atoms with Crippen LogP contribution in [0.25, 0.3) is 11.3 Å². The molecule has 2 rings (SSSR count). The van der Waals surface area contributed by atoms with Gasteiger partial charge in [-0.15, -0.1) is 0 Å². The second kappa shape index (κ2) is 5.16. The van der Waals surface area contributed by atoms with Gasteiger partial charge in [-0.25, -0.2) is 9.18 Å². The first kappa shape index (κ1) is 13.8. The molecule has 1 aromatic carbocycles. The number of aromatic carboxylic acids is 1. The summed E-state index contributed by atoms with van der Waals surface area (Å²) in [4.78, 5) is 10.8. The maximum absolute atomic E-state index is 13.6. The third-order valence-electron chi connectivity index (χ3n) is 2.62. The minimum Gasteiger partial charge on any atom is -0.492 e. The fraction of sp³-hybridized carbons (Fsp3) is 0.167. The number of carboxylic acid groups (broad SMARTS) is 1. The number of hydrogen-bond donors (Lipinski definition) is 2. The predicted molar refractivity (Wildman–Crippen MR) is 64.0 cm³/mol. The van der Waals surface area contributed by atoms with Crippen LogP contribution in [0, 0.1) is 11.6 Å². The maximum atomic E-state index is 13.6. The summed E-state index contributed by atoms with van der Waals surface area (Å²) < 4.78 is 36.9. The van der Waals surface area contributed by atoms with E-state index in [2.05, 4.69) is 10.2 Å². The van der Waals surface area contributed by atoms with Crippen molar-refractivity contribution in [2.45, 2.75) is 0 Å².